The van der Waals surface area contributed by atoms with E-state index in [4.69, 9.17) is 5.11 Å². The number of carbonyl (C=O) groups is 2. The van der Waals surface area contributed by atoms with Crippen LogP contribution in [-0.2, 0) is 17.8 Å². The number of aromatic nitrogens is 2. The van der Waals surface area contributed by atoms with Crippen LogP contribution in [0, 0.1) is 0 Å². The highest BCUT2D eigenvalue weighted by Gasteiger charge is 2.15. The Morgan fingerprint density at radius 2 is 1.92 bits per heavy atom. The van der Waals surface area contributed by atoms with Crippen LogP contribution in [-0.4, -0.2) is 33.3 Å². The van der Waals surface area contributed by atoms with Crippen LogP contribution in [0.3, 0.4) is 0 Å². The lowest BCUT2D eigenvalue weighted by Gasteiger charge is -2.18. The van der Waals surface area contributed by atoms with Crippen LogP contribution in [0.5, 0.6) is 0 Å². The average molecular weight is 376 g/mol. The third-order valence-corrected chi connectivity index (χ3v) is 4.97. The average Bonchev–Trinajstić information content (AvgIpc) is 3.08. The van der Waals surface area contributed by atoms with Crippen molar-refractivity contribution in [3.05, 3.63) is 45.9 Å². The summed E-state index contributed by atoms with van der Waals surface area (Å²) in [5.41, 5.74) is 1.05. The molecule has 2 rings (SSSR count). The van der Waals surface area contributed by atoms with Gasteiger partial charge < -0.3 is 15.7 Å². The molecule has 140 valence electrons. The lowest BCUT2D eigenvalue weighted by molar-refractivity contribution is -0.137. The highest BCUT2D eigenvalue weighted by molar-refractivity contribution is 7.11. The summed E-state index contributed by atoms with van der Waals surface area (Å²) in [5.74, 6) is -0.568. The van der Waals surface area contributed by atoms with E-state index in [-0.39, 0.29) is 18.5 Å². The predicted molar refractivity (Wildman–Crippen MR) is 100 cm³/mol. The molecule has 8 heteroatoms. The van der Waals surface area contributed by atoms with Gasteiger partial charge in [-0.2, -0.15) is 0 Å². The molecule has 26 heavy (non-hydrogen) atoms. The first-order valence-electron chi connectivity index (χ1n) is 8.56. The van der Waals surface area contributed by atoms with Gasteiger partial charge in [-0.3, -0.25) is 4.79 Å². The first-order chi connectivity index (χ1) is 12.4. The highest BCUT2D eigenvalue weighted by Crippen LogP contribution is 2.18. The lowest BCUT2D eigenvalue weighted by atomic mass is 10.0. The number of amides is 2. The molecule has 0 saturated carbocycles. The molecule has 0 aliphatic carbocycles. The Kier molecular flexibility index (Phi) is 7.53. The van der Waals surface area contributed by atoms with E-state index < -0.39 is 5.97 Å². The molecule has 1 unspecified atom stereocenters. The molecule has 1 aromatic heterocycles. The summed E-state index contributed by atoms with van der Waals surface area (Å²) in [5, 5.41) is 24.4. The number of carboxylic acid groups (broad SMARTS) is 1. The van der Waals surface area contributed by atoms with Crippen molar-refractivity contribution in [2.75, 3.05) is 0 Å². The molecule has 2 amide bonds. The van der Waals surface area contributed by atoms with Crippen molar-refractivity contribution in [3.63, 3.8) is 0 Å². The Balaban J connectivity index is 1.88. The fraction of sp³-hybridized carbons (Fsp3) is 0.444. The summed E-state index contributed by atoms with van der Waals surface area (Å²) < 4.78 is 0. The molecule has 2 aromatic rings. The van der Waals surface area contributed by atoms with E-state index in [9.17, 15) is 9.59 Å². The van der Waals surface area contributed by atoms with Crippen molar-refractivity contribution in [3.8, 4) is 0 Å². The standard InChI is InChI=1S/C18H24N4O3S/c1-12(2)17-22-21-15(26-17)11-19-18(25)20-14(8-9-16(23)24)10-13-6-4-3-5-7-13/h3-7,12,14H,8-11H2,1-2H3,(H,23,24)(H2,19,20,25). The van der Waals surface area contributed by atoms with Crippen molar-refractivity contribution in [2.45, 2.75) is 51.6 Å². The quantitative estimate of drug-likeness (QED) is 0.624. The maximum absolute atomic E-state index is 12.2. The monoisotopic (exact) mass is 376 g/mol. The minimum Gasteiger partial charge on any atom is -0.481 e. The van der Waals surface area contributed by atoms with E-state index >= 15 is 0 Å². The molecule has 0 saturated heterocycles. The van der Waals surface area contributed by atoms with Crippen molar-refractivity contribution >= 4 is 23.3 Å². The van der Waals surface area contributed by atoms with Gasteiger partial charge in [0.05, 0.1) is 6.54 Å². The topological polar surface area (TPSA) is 104 Å². The van der Waals surface area contributed by atoms with Gasteiger partial charge in [0.25, 0.3) is 0 Å². The van der Waals surface area contributed by atoms with Gasteiger partial charge in [-0.1, -0.05) is 55.5 Å². The molecular formula is C18H24N4O3S. The van der Waals surface area contributed by atoms with Gasteiger partial charge in [-0.15, -0.1) is 10.2 Å². The number of benzene rings is 1. The number of carboxylic acids is 1. The Hall–Kier alpha value is -2.48. The second kappa shape index (κ2) is 9.86. The van der Waals surface area contributed by atoms with Crippen molar-refractivity contribution in [1.29, 1.82) is 0 Å². The van der Waals surface area contributed by atoms with Crippen molar-refractivity contribution in [2.24, 2.45) is 0 Å². The Bertz CT molecular complexity index is 718. The van der Waals surface area contributed by atoms with E-state index in [1.165, 1.54) is 11.3 Å². The molecule has 0 aliphatic heterocycles. The Morgan fingerprint density at radius 3 is 2.54 bits per heavy atom. The first kappa shape index (κ1) is 19.8. The molecular weight excluding hydrogens is 352 g/mol. The molecule has 7 nitrogen and oxygen atoms in total. The maximum Gasteiger partial charge on any atom is 0.315 e. The molecule has 0 bridgehead atoms. The largest absolute Gasteiger partial charge is 0.481 e. The molecule has 0 spiro atoms. The molecule has 3 N–H and O–H groups in total. The third-order valence-electron chi connectivity index (χ3n) is 3.74. The second-order valence-electron chi connectivity index (χ2n) is 6.33. The summed E-state index contributed by atoms with van der Waals surface area (Å²) in [6.45, 7) is 4.38. The van der Waals surface area contributed by atoms with E-state index in [2.05, 4.69) is 20.8 Å². The number of carbonyl (C=O) groups excluding carboxylic acids is 1. The molecule has 0 fully saturated rings. The zero-order valence-corrected chi connectivity index (χ0v) is 15.8. The van der Waals surface area contributed by atoms with Gasteiger partial charge in [0.2, 0.25) is 0 Å². The van der Waals surface area contributed by atoms with Crippen LogP contribution < -0.4 is 10.6 Å². The SMILES string of the molecule is CC(C)c1nnc(CNC(=O)NC(CCC(=O)O)Cc2ccccc2)s1. The number of urea groups is 1. The fourth-order valence-corrected chi connectivity index (χ4v) is 3.17. The number of nitrogens with zero attached hydrogens (tertiary/aromatic N) is 2. The molecule has 1 atom stereocenters. The van der Waals surface area contributed by atoms with Gasteiger partial charge in [-0.25, -0.2) is 4.79 Å². The Labute approximate surface area is 156 Å². The predicted octanol–water partition coefficient (Wildman–Crippen LogP) is 2.94. The minimum atomic E-state index is -0.875. The van der Waals surface area contributed by atoms with E-state index in [1.807, 2.05) is 44.2 Å². The van der Waals surface area contributed by atoms with Crippen LogP contribution in [0.4, 0.5) is 4.79 Å². The number of rotatable bonds is 9. The van der Waals surface area contributed by atoms with Gasteiger partial charge in [0, 0.05) is 18.4 Å². The van der Waals surface area contributed by atoms with Crippen LogP contribution >= 0.6 is 11.3 Å². The van der Waals surface area contributed by atoms with E-state index in [0.717, 1.165) is 15.6 Å². The van der Waals surface area contributed by atoms with Gasteiger partial charge >= 0.3 is 12.0 Å². The fourth-order valence-electron chi connectivity index (χ4n) is 2.39. The number of nitrogens with one attached hydrogen (secondary N) is 2. The summed E-state index contributed by atoms with van der Waals surface area (Å²) in [4.78, 5) is 23.1. The first-order valence-corrected chi connectivity index (χ1v) is 9.38. The van der Waals surface area contributed by atoms with Crippen LogP contribution in [0.2, 0.25) is 0 Å². The minimum absolute atomic E-state index is 0.00588. The maximum atomic E-state index is 12.2. The normalized spacial score (nSPS) is 12.0. The van der Waals surface area contributed by atoms with E-state index in [1.54, 1.807) is 0 Å². The van der Waals surface area contributed by atoms with Crippen molar-refractivity contribution in [1.82, 2.24) is 20.8 Å². The van der Waals surface area contributed by atoms with Gasteiger partial charge in [0.15, 0.2) is 0 Å². The molecule has 0 aliphatic rings. The molecule has 1 aromatic carbocycles. The zero-order valence-electron chi connectivity index (χ0n) is 14.9. The third kappa shape index (κ3) is 6.79. The summed E-state index contributed by atoms with van der Waals surface area (Å²) >= 11 is 1.48. The van der Waals surface area contributed by atoms with Crippen LogP contribution in [0.1, 0.15) is 48.2 Å². The summed E-state index contributed by atoms with van der Waals surface area (Å²) in [7, 11) is 0. The summed E-state index contributed by atoms with van der Waals surface area (Å²) in [6, 6.07) is 9.09. The van der Waals surface area contributed by atoms with Gasteiger partial charge in [-0.05, 0) is 18.4 Å². The number of hydrogen-bond acceptors (Lipinski definition) is 5. The number of hydrogen-bond donors (Lipinski definition) is 3. The number of aliphatic carboxylic acids is 1. The van der Waals surface area contributed by atoms with E-state index in [0.29, 0.717) is 25.3 Å². The summed E-state index contributed by atoms with van der Waals surface area (Å²) in [6.07, 6.45) is 0.956. The zero-order chi connectivity index (χ0) is 18.9. The van der Waals surface area contributed by atoms with Gasteiger partial charge in [0.1, 0.15) is 10.0 Å². The second-order valence-corrected chi connectivity index (χ2v) is 7.43. The molecule has 0 radical (unpaired) electrons. The molecule has 1 heterocycles. The van der Waals surface area contributed by atoms with Crippen LogP contribution in [0.15, 0.2) is 30.3 Å². The van der Waals surface area contributed by atoms with Crippen molar-refractivity contribution < 1.29 is 14.7 Å². The van der Waals surface area contributed by atoms with Crippen LogP contribution in [0.25, 0.3) is 0 Å². The lowest BCUT2D eigenvalue weighted by Crippen LogP contribution is -2.43. The Morgan fingerprint density at radius 1 is 1.19 bits per heavy atom. The highest BCUT2D eigenvalue weighted by atomic mass is 32.1. The smallest absolute Gasteiger partial charge is 0.315 e.